The molecular weight excluding hydrogens is 440 g/mol. The first-order chi connectivity index (χ1) is 16.8. The molecule has 0 saturated carbocycles. The molecule has 1 unspecified atom stereocenters. The molecule has 4 rings (SSSR count). The molecule has 0 radical (unpaired) electrons. The summed E-state index contributed by atoms with van der Waals surface area (Å²) < 4.78 is 5.75. The van der Waals surface area contributed by atoms with E-state index in [1.165, 1.54) is 4.90 Å². The normalized spacial score (nSPS) is 17.3. The fraction of sp³-hybridized carbons (Fsp3) is 0.276. The fourth-order valence-corrected chi connectivity index (χ4v) is 4.52. The molecule has 1 N–H and O–H groups in total. The van der Waals surface area contributed by atoms with Gasteiger partial charge in [0.15, 0.2) is 0 Å². The van der Waals surface area contributed by atoms with Crippen LogP contribution in [0.2, 0.25) is 0 Å². The van der Waals surface area contributed by atoms with Crippen LogP contribution in [-0.4, -0.2) is 33.3 Å². The number of nitrogens with zero attached hydrogens (tertiary/aromatic N) is 2. The van der Waals surface area contributed by atoms with Crippen molar-refractivity contribution in [3.63, 3.8) is 0 Å². The number of aromatic nitrogens is 1. The summed E-state index contributed by atoms with van der Waals surface area (Å²) in [7, 11) is 0. The lowest BCUT2D eigenvalue weighted by Gasteiger charge is -2.26. The lowest BCUT2D eigenvalue weighted by atomic mass is 9.91. The van der Waals surface area contributed by atoms with Gasteiger partial charge in [-0.25, -0.2) is 0 Å². The van der Waals surface area contributed by atoms with Crippen LogP contribution in [0.1, 0.15) is 60.7 Å². The number of benzene rings is 2. The number of carbonyl (C=O) groups excluding carboxylic acids is 2. The summed E-state index contributed by atoms with van der Waals surface area (Å²) in [4.78, 5) is 32.4. The third kappa shape index (κ3) is 4.69. The Morgan fingerprint density at radius 2 is 1.83 bits per heavy atom. The first-order valence-corrected chi connectivity index (χ1v) is 11.8. The minimum atomic E-state index is -0.729. The topological polar surface area (TPSA) is 79.7 Å². The summed E-state index contributed by atoms with van der Waals surface area (Å²) in [5.41, 5.74) is 3.86. The molecule has 0 aliphatic carbocycles. The van der Waals surface area contributed by atoms with Gasteiger partial charge in [-0.05, 0) is 66.8 Å². The zero-order chi connectivity index (χ0) is 25.1. The SMILES string of the molecule is CCOc1ccc(/C(O)=C2\C(=O)C(=O)N(Cc3ccccn3)C2c2ccccc2C)cc1C(C)C. The van der Waals surface area contributed by atoms with E-state index in [1.807, 2.05) is 70.2 Å². The highest BCUT2D eigenvalue weighted by Gasteiger charge is 2.46. The van der Waals surface area contributed by atoms with E-state index in [-0.39, 0.29) is 23.8 Å². The van der Waals surface area contributed by atoms with E-state index in [4.69, 9.17) is 4.74 Å². The highest BCUT2D eigenvalue weighted by molar-refractivity contribution is 6.46. The fourth-order valence-electron chi connectivity index (χ4n) is 4.52. The Bertz CT molecular complexity index is 1280. The summed E-state index contributed by atoms with van der Waals surface area (Å²) >= 11 is 0. The standard InChI is InChI=1S/C29H30N2O4/c1-5-35-24-14-13-20(16-23(24)18(2)3)27(32)25-26(22-12-7-6-10-19(22)4)31(29(34)28(25)33)17-21-11-8-9-15-30-21/h6-16,18,26,32H,5,17H2,1-4H3/b27-25+. The second-order valence-corrected chi connectivity index (χ2v) is 8.94. The molecule has 1 aromatic heterocycles. The van der Waals surface area contributed by atoms with Crippen LogP contribution in [0.5, 0.6) is 5.75 Å². The molecule has 0 bridgehead atoms. The second-order valence-electron chi connectivity index (χ2n) is 8.94. The van der Waals surface area contributed by atoms with E-state index in [2.05, 4.69) is 4.98 Å². The number of hydrogen-bond donors (Lipinski definition) is 1. The largest absolute Gasteiger partial charge is 0.507 e. The van der Waals surface area contributed by atoms with E-state index in [9.17, 15) is 14.7 Å². The van der Waals surface area contributed by atoms with Gasteiger partial charge in [0, 0.05) is 11.8 Å². The number of pyridine rings is 1. The monoisotopic (exact) mass is 470 g/mol. The number of hydrogen-bond acceptors (Lipinski definition) is 5. The number of aliphatic hydroxyl groups excluding tert-OH is 1. The van der Waals surface area contributed by atoms with Crippen molar-refractivity contribution in [1.29, 1.82) is 0 Å². The van der Waals surface area contributed by atoms with E-state index in [0.717, 1.165) is 22.4 Å². The van der Waals surface area contributed by atoms with Crippen molar-refractivity contribution in [2.24, 2.45) is 0 Å². The summed E-state index contributed by atoms with van der Waals surface area (Å²) in [6, 6.07) is 17.7. The van der Waals surface area contributed by atoms with E-state index >= 15 is 0 Å². The Morgan fingerprint density at radius 3 is 2.49 bits per heavy atom. The third-order valence-corrected chi connectivity index (χ3v) is 6.29. The highest BCUT2D eigenvalue weighted by Crippen LogP contribution is 2.42. The van der Waals surface area contributed by atoms with Crippen LogP contribution in [0.3, 0.4) is 0 Å². The summed E-state index contributed by atoms with van der Waals surface area (Å²) in [5, 5.41) is 11.5. The molecule has 2 aromatic carbocycles. The van der Waals surface area contributed by atoms with Crippen LogP contribution >= 0.6 is 0 Å². The number of Topliss-reactive ketones (excluding diaryl/α,β-unsaturated/α-hetero) is 1. The maximum atomic E-state index is 13.3. The molecule has 6 nitrogen and oxygen atoms in total. The van der Waals surface area contributed by atoms with Gasteiger partial charge in [-0.1, -0.05) is 44.2 Å². The lowest BCUT2D eigenvalue weighted by Crippen LogP contribution is -2.29. The number of ether oxygens (including phenoxy) is 1. The van der Waals surface area contributed by atoms with Gasteiger partial charge in [0.2, 0.25) is 0 Å². The number of aryl methyl sites for hydroxylation is 1. The summed E-state index contributed by atoms with van der Waals surface area (Å²) in [6.07, 6.45) is 1.65. The third-order valence-electron chi connectivity index (χ3n) is 6.29. The smallest absolute Gasteiger partial charge is 0.296 e. The molecule has 0 spiro atoms. The number of rotatable bonds is 7. The predicted molar refractivity (Wildman–Crippen MR) is 135 cm³/mol. The second kappa shape index (κ2) is 10.1. The molecule has 1 aliphatic heterocycles. The summed E-state index contributed by atoms with van der Waals surface area (Å²) in [5.74, 6) is -0.662. The van der Waals surface area contributed by atoms with E-state index < -0.39 is 17.7 Å². The van der Waals surface area contributed by atoms with E-state index in [0.29, 0.717) is 17.9 Å². The molecule has 35 heavy (non-hydrogen) atoms. The van der Waals surface area contributed by atoms with Gasteiger partial charge in [0.1, 0.15) is 11.5 Å². The van der Waals surface area contributed by atoms with Gasteiger partial charge in [-0.2, -0.15) is 0 Å². The zero-order valence-corrected chi connectivity index (χ0v) is 20.5. The van der Waals surface area contributed by atoms with Crippen LogP contribution in [0, 0.1) is 6.92 Å². The van der Waals surface area contributed by atoms with Crippen LogP contribution in [-0.2, 0) is 16.1 Å². The minimum absolute atomic E-state index is 0.0825. The highest BCUT2D eigenvalue weighted by atomic mass is 16.5. The zero-order valence-electron chi connectivity index (χ0n) is 20.5. The van der Waals surface area contributed by atoms with Gasteiger partial charge in [-0.3, -0.25) is 14.6 Å². The van der Waals surface area contributed by atoms with Crippen LogP contribution in [0.4, 0.5) is 0 Å². The Kier molecular flexibility index (Phi) is 7.01. The molecule has 180 valence electrons. The molecule has 2 heterocycles. The number of carbonyl (C=O) groups is 2. The first-order valence-electron chi connectivity index (χ1n) is 11.8. The van der Waals surface area contributed by atoms with Crippen molar-refractivity contribution in [3.05, 3.63) is 100 Å². The number of amides is 1. The van der Waals surface area contributed by atoms with Crippen LogP contribution in [0.25, 0.3) is 5.76 Å². The maximum absolute atomic E-state index is 13.3. The molecule has 1 atom stereocenters. The van der Waals surface area contributed by atoms with Gasteiger partial charge in [0.25, 0.3) is 11.7 Å². The van der Waals surface area contributed by atoms with Gasteiger partial charge < -0.3 is 14.7 Å². The van der Waals surface area contributed by atoms with Gasteiger partial charge in [0.05, 0.1) is 30.5 Å². The number of ketones is 1. The van der Waals surface area contributed by atoms with Crippen molar-refractivity contribution < 1.29 is 19.4 Å². The Morgan fingerprint density at radius 1 is 1.09 bits per heavy atom. The van der Waals surface area contributed by atoms with Crippen LogP contribution < -0.4 is 4.74 Å². The van der Waals surface area contributed by atoms with E-state index in [1.54, 1.807) is 24.4 Å². The predicted octanol–water partition coefficient (Wildman–Crippen LogP) is 5.53. The maximum Gasteiger partial charge on any atom is 0.296 e. The quantitative estimate of drug-likeness (QED) is 0.279. The first kappa shape index (κ1) is 24.2. The number of aliphatic hydroxyl groups is 1. The van der Waals surface area contributed by atoms with Crippen molar-refractivity contribution in [2.45, 2.75) is 46.2 Å². The Balaban J connectivity index is 1.88. The van der Waals surface area contributed by atoms with Crippen molar-refractivity contribution in [2.75, 3.05) is 6.61 Å². The molecule has 3 aromatic rings. The Labute approximate surface area is 205 Å². The Hall–Kier alpha value is -3.93. The minimum Gasteiger partial charge on any atom is -0.507 e. The van der Waals surface area contributed by atoms with Crippen LogP contribution in [0.15, 0.2) is 72.4 Å². The van der Waals surface area contributed by atoms with Crippen molar-refractivity contribution >= 4 is 17.4 Å². The lowest BCUT2D eigenvalue weighted by molar-refractivity contribution is -0.140. The van der Waals surface area contributed by atoms with Gasteiger partial charge in [-0.15, -0.1) is 0 Å². The summed E-state index contributed by atoms with van der Waals surface area (Å²) in [6.45, 7) is 8.62. The molecule has 1 saturated heterocycles. The molecule has 1 fully saturated rings. The molecule has 1 amide bonds. The van der Waals surface area contributed by atoms with Crippen molar-refractivity contribution in [1.82, 2.24) is 9.88 Å². The average Bonchev–Trinajstić information content (AvgIpc) is 3.09. The van der Waals surface area contributed by atoms with Crippen molar-refractivity contribution in [3.8, 4) is 5.75 Å². The number of likely N-dealkylation sites (tertiary alicyclic amines) is 1. The van der Waals surface area contributed by atoms with Gasteiger partial charge >= 0.3 is 0 Å². The molecule has 1 aliphatic rings. The molecule has 6 heteroatoms. The average molecular weight is 471 g/mol. The molecular formula is C29H30N2O4.